The lowest BCUT2D eigenvalue weighted by atomic mass is 10.3. The Morgan fingerprint density at radius 3 is 2.72 bits per heavy atom. The number of ether oxygens (including phenoxy) is 1. The second-order valence-electron chi connectivity index (χ2n) is 4.94. The van der Waals surface area contributed by atoms with Crippen LogP contribution in [-0.4, -0.2) is 21.9 Å². The van der Waals surface area contributed by atoms with Crippen LogP contribution in [0.2, 0.25) is 5.15 Å². The zero-order valence-electron chi connectivity index (χ0n) is 12.7. The van der Waals surface area contributed by atoms with E-state index in [0.29, 0.717) is 17.0 Å². The molecular weight excluding hydrogens is 352 g/mol. The Morgan fingerprint density at radius 1 is 1.24 bits per heavy atom. The lowest BCUT2D eigenvalue weighted by Gasteiger charge is -2.06. The molecule has 1 amide bonds. The summed E-state index contributed by atoms with van der Waals surface area (Å²) >= 11 is 6.08. The van der Waals surface area contributed by atoms with Gasteiger partial charge in [-0.2, -0.15) is 8.78 Å². The minimum absolute atomic E-state index is 0.0149. The molecule has 3 aromatic rings. The maximum Gasteiger partial charge on any atom is 0.387 e. The highest BCUT2D eigenvalue weighted by molar-refractivity contribution is 6.31. The van der Waals surface area contributed by atoms with Crippen LogP contribution >= 0.6 is 11.6 Å². The maximum atomic E-state index is 12.1. The third-order valence-corrected chi connectivity index (χ3v) is 3.54. The summed E-state index contributed by atoms with van der Waals surface area (Å²) in [6.07, 6.45) is 4.64. The van der Waals surface area contributed by atoms with Crippen molar-refractivity contribution in [2.24, 2.45) is 0 Å². The maximum absolute atomic E-state index is 12.1. The summed E-state index contributed by atoms with van der Waals surface area (Å²) in [5, 5.41) is 2.89. The van der Waals surface area contributed by atoms with E-state index in [1.807, 2.05) is 12.1 Å². The number of fused-ring (bicyclic) bond motifs is 1. The summed E-state index contributed by atoms with van der Waals surface area (Å²) in [5.41, 5.74) is 1.69. The predicted molar refractivity (Wildman–Crippen MR) is 90.9 cm³/mol. The minimum atomic E-state index is -2.89. The molecule has 1 aromatic carbocycles. The summed E-state index contributed by atoms with van der Waals surface area (Å²) in [6.45, 7) is -2.89. The number of carbonyl (C=O) groups excluding carboxylic acids is 1. The largest absolute Gasteiger partial charge is 0.435 e. The number of alkyl halides is 2. The van der Waals surface area contributed by atoms with Crippen LogP contribution in [0, 0.1) is 0 Å². The number of rotatable bonds is 5. The molecule has 0 aliphatic heterocycles. The second-order valence-corrected chi connectivity index (χ2v) is 5.30. The molecule has 0 saturated carbocycles. The van der Waals surface area contributed by atoms with E-state index in [0.717, 1.165) is 0 Å². The number of nitrogens with zero attached hydrogens (tertiary/aromatic N) is 2. The number of anilines is 1. The third-order valence-electron chi connectivity index (χ3n) is 3.26. The summed E-state index contributed by atoms with van der Waals surface area (Å²) in [4.78, 5) is 16.2. The predicted octanol–water partition coefficient (Wildman–Crippen LogP) is 4.24. The molecule has 0 radical (unpaired) electrons. The normalized spacial score (nSPS) is 11.4. The van der Waals surface area contributed by atoms with E-state index >= 15 is 0 Å². The molecule has 1 N–H and O–H groups in total. The number of nitrogens with one attached hydrogen (secondary N) is 1. The average Bonchev–Trinajstić information content (AvgIpc) is 2.89. The standard InChI is InChI=1S/C17H12ClF2N3O2/c18-16-13(23-10-2-1-3-14(23)22-16)8-9-15(24)21-11-4-6-12(7-5-11)25-17(19)20/h1-10,17H,(H,21,24)/b9-8+. The summed E-state index contributed by atoms with van der Waals surface area (Å²) in [6, 6.07) is 11.1. The van der Waals surface area contributed by atoms with Crippen molar-refractivity contribution in [2.45, 2.75) is 6.61 Å². The molecule has 25 heavy (non-hydrogen) atoms. The average molecular weight is 364 g/mol. The highest BCUT2D eigenvalue weighted by atomic mass is 35.5. The molecule has 5 nitrogen and oxygen atoms in total. The zero-order chi connectivity index (χ0) is 17.8. The minimum Gasteiger partial charge on any atom is -0.435 e. The number of hydrogen-bond donors (Lipinski definition) is 1. The van der Waals surface area contributed by atoms with Crippen LogP contribution in [0.4, 0.5) is 14.5 Å². The van der Waals surface area contributed by atoms with Gasteiger partial charge in [0.25, 0.3) is 0 Å². The van der Waals surface area contributed by atoms with Gasteiger partial charge in [-0.05, 0) is 42.5 Å². The van der Waals surface area contributed by atoms with Crippen molar-refractivity contribution in [2.75, 3.05) is 5.32 Å². The summed E-state index contributed by atoms with van der Waals surface area (Å²) < 4.78 is 30.2. The van der Waals surface area contributed by atoms with Crippen molar-refractivity contribution in [1.82, 2.24) is 9.38 Å². The molecular formula is C17H12ClF2N3O2. The molecule has 0 fully saturated rings. The molecule has 0 saturated heterocycles. The van der Waals surface area contributed by atoms with E-state index < -0.39 is 12.5 Å². The van der Waals surface area contributed by atoms with Crippen LogP contribution in [0.25, 0.3) is 11.7 Å². The van der Waals surface area contributed by atoms with Crippen LogP contribution < -0.4 is 10.1 Å². The Hall–Kier alpha value is -2.93. The highest BCUT2D eigenvalue weighted by Gasteiger charge is 2.08. The Labute approximate surface area is 146 Å². The van der Waals surface area contributed by atoms with Gasteiger partial charge >= 0.3 is 6.61 Å². The molecule has 8 heteroatoms. The van der Waals surface area contributed by atoms with Gasteiger partial charge in [0, 0.05) is 18.0 Å². The van der Waals surface area contributed by atoms with Crippen molar-refractivity contribution >= 4 is 34.9 Å². The molecule has 0 bridgehead atoms. The van der Waals surface area contributed by atoms with E-state index in [-0.39, 0.29) is 10.9 Å². The molecule has 128 valence electrons. The van der Waals surface area contributed by atoms with Crippen LogP contribution in [0.3, 0.4) is 0 Å². The number of carbonyl (C=O) groups is 1. The SMILES string of the molecule is O=C(/C=C/c1c(Cl)nc2ccccn12)Nc1ccc(OC(F)F)cc1. The number of hydrogen-bond acceptors (Lipinski definition) is 3. The van der Waals surface area contributed by atoms with E-state index in [2.05, 4.69) is 15.0 Å². The lowest BCUT2D eigenvalue weighted by Crippen LogP contribution is -2.08. The Kier molecular flexibility index (Phi) is 4.95. The molecule has 0 aliphatic rings. The first-order valence-electron chi connectivity index (χ1n) is 7.19. The van der Waals surface area contributed by atoms with Crippen molar-refractivity contribution in [3.63, 3.8) is 0 Å². The van der Waals surface area contributed by atoms with Gasteiger partial charge in [-0.25, -0.2) is 4.98 Å². The van der Waals surface area contributed by atoms with Crippen LogP contribution in [0.1, 0.15) is 5.69 Å². The van der Waals surface area contributed by atoms with Crippen molar-refractivity contribution < 1.29 is 18.3 Å². The first kappa shape index (κ1) is 16.9. The van der Waals surface area contributed by atoms with Gasteiger partial charge in [0.15, 0.2) is 5.15 Å². The molecule has 0 aliphatic carbocycles. The number of imidazole rings is 1. The van der Waals surface area contributed by atoms with Crippen LogP contribution in [0.15, 0.2) is 54.7 Å². The van der Waals surface area contributed by atoms with Gasteiger partial charge in [-0.15, -0.1) is 0 Å². The zero-order valence-corrected chi connectivity index (χ0v) is 13.5. The Morgan fingerprint density at radius 2 is 2.00 bits per heavy atom. The van der Waals surface area contributed by atoms with Crippen molar-refractivity contribution in [3.05, 3.63) is 65.6 Å². The van der Waals surface area contributed by atoms with E-state index in [9.17, 15) is 13.6 Å². The fourth-order valence-electron chi connectivity index (χ4n) is 2.19. The van der Waals surface area contributed by atoms with E-state index in [1.165, 1.54) is 30.3 Å². The molecule has 3 rings (SSSR count). The van der Waals surface area contributed by atoms with Gasteiger partial charge < -0.3 is 10.1 Å². The number of amides is 1. The van der Waals surface area contributed by atoms with Gasteiger partial charge in [0.05, 0.1) is 5.69 Å². The van der Waals surface area contributed by atoms with Gasteiger partial charge in [-0.1, -0.05) is 17.7 Å². The number of aromatic nitrogens is 2. The summed E-state index contributed by atoms with van der Waals surface area (Å²) in [7, 11) is 0. The van der Waals surface area contributed by atoms with Gasteiger partial charge in [0.2, 0.25) is 5.91 Å². The lowest BCUT2D eigenvalue weighted by molar-refractivity contribution is -0.111. The smallest absolute Gasteiger partial charge is 0.387 e. The molecule has 0 spiro atoms. The number of pyridine rings is 1. The second kappa shape index (κ2) is 7.31. The Bertz CT molecular complexity index is 923. The quantitative estimate of drug-likeness (QED) is 0.690. The first-order valence-corrected chi connectivity index (χ1v) is 7.57. The number of benzene rings is 1. The van der Waals surface area contributed by atoms with Crippen molar-refractivity contribution in [1.29, 1.82) is 0 Å². The first-order chi connectivity index (χ1) is 12.0. The molecule has 2 heterocycles. The monoisotopic (exact) mass is 363 g/mol. The molecule has 2 aromatic heterocycles. The van der Waals surface area contributed by atoms with Gasteiger partial charge in [0.1, 0.15) is 11.4 Å². The molecule has 0 unspecified atom stereocenters. The van der Waals surface area contributed by atoms with Crippen LogP contribution in [-0.2, 0) is 4.79 Å². The van der Waals surface area contributed by atoms with Gasteiger partial charge in [-0.3, -0.25) is 9.20 Å². The fourth-order valence-corrected chi connectivity index (χ4v) is 2.43. The van der Waals surface area contributed by atoms with E-state index in [4.69, 9.17) is 11.6 Å². The molecule has 0 atom stereocenters. The fraction of sp³-hybridized carbons (Fsp3) is 0.0588. The highest BCUT2D eigenvalue weighted by Crippen LogP contribution is 2.20. The topological polar surface area (TPSA) is 55.6 Å². The number of halogens is 3. The summed E-state index contributed by atoms with van der Waals surface area (Å²) in [5.74, 6) is -0.384. The van der Waals surface area contributed by atoms with Crippen LogP contribution in [0.5, 0.6) is 5.75 Å². The Balaban J connectivity index is 1.69. The van der Waals surface area contributed by atoms with E-state index in [1.54, 1.807) is 22.7 Å². The van der Waals surface area contributed by atoms with Crippen molar-refractivity contribution in [3.8, 4) is 5.75 Å². The third kappa shape index (κ3) is 4.13.